The lowest BCUT2D eigenvalue weighted by Crippen LogP contribution is -2.51. The van der Waals surface area contributed by atoms with E-state index in [4.69, 9.17) is 0 Å². The Balaban J connectivity index is 1.69. The van der Waals surface area contributed by atoms with Crippen LogP contribution in [0.3, 0.4) is 0 Å². The number of aromatic amines is 1. The number of aromatic nitrogens is 2. The number of hydrogen-bond acceptors (Lipinski definition) is 5. The van der Waals surface area contributed by atoms with Crippen LogP contribution in [-0.2, 0) is 9.59 Å². The van der Waals surface area contributed by atoms with Crippen LogP contribution in [0, 0.1) is 29.6 Å². The van der Waals surface area contributed by atoms with Gasteiger partial charge >= 0.3 is 0 Å². The van der Waals surface area contributed by atoms with Crippen molar-refractivity contribution in [1.82, 2.24) is 26.1 Å². The summed E-state index contributed by atoms with van der Waals surface area (Å²) in [6.45, 7) is 8.47. The van der Waals surface area contributed by atoms with Crippen molar-refractivity contribution in [2.75, 3.05) is 6.54 Å². The predicted molar refractivity (Wildman–Crippen MR) is 127 cm³/mol. The van der Waals surface area contributed by atoms with Gasteiger partial charge in [0, 0.05) is 18.0 Å². The molecule has 180 valence electrons. The van der Waals surface area contributed by atoms with Crippen molar-refractivity contribution in [3.8, 4) is 17.3 Å². The van der Waals surface area contributed by atoms with Gasteiger partial charge in [0.15, 0.2) is 0 Å². The maximum absolute atomic E-state index is 13.1. The summed E-state index contributed by atoms with van der Waals surface area (Å²) in [7, 11) is 0. The number of aryl methyl sites for hydroxylation is 1. The number of carbonyl (C=O) groups is 3. The van der Waals surface area contributed by atoms with Crippen molar-refractivity contribution < 1.29 is 14.4 Å². The molecule has 4 N–H and O–H groups in total. The Morgan fingerprint density at radius 3 is 2.53 bits per heavy atom. The Bertz CT molecular complexity index is 1080. The molecular formula is C25H32N6O3. The molecule has 1 saturated heterocycles. The summed E-state index contributed by atoms with van der Waals surface area (Å²) >= 11 is 0. The smallest absolute Gasteiger partial charge is 0.269 e. The number of nitrogens with zero attached hydrogens (tertiary/aromatic N) is 2. The van der Waals surface area contributed by atoms with E-state index in [-0.39, 0.29) is 29.4 Å². The summed E-state index contributed by atoms with van der Waals surface area (Å²) in [5.41, 5.74) is 2.60. The van der Waals surface area contributed by atoms with Gasteiger partial charge in [-0.2, -0.15) is 10.4 Å². The number of benzene rings is 1. The molecule has 1 aliphatic rings. The van der Waals surface area contributed by atoms with Crippen molar-refractivity contribution in [1.29, 1.82) is 5.26 Å². The lowest BCUT2D eigenvalue weighted by molar-refractivity contribution is -0.125. The van der Waals surface area contributed by atoms with Gasteiger partial charge in [0.2, 0.25) is 11.8 Å². The molecule has 34 heavy (non-hydrogen) atoms. The average molecular weight is 465 g/mol. The van der Waals surface area contributed by atoms with Crippen molar-refractivity contribution in [3.63, 3.8) is 0 Å². The molecule has 3 amide bonds. The summed E-state index contributed by atoms with van der Waals surface area (Å²) < 4.78 is 0. The molecule has 2 heterocycles. The van der Waals surface area contributed by atoms with Gasteiger partial charge in [-0.3, -0.25) is 19.5 Å². The first-order valence-corrected chi connectivity index (χ1v) is 11.5. The fraction of sp³-hybridized carbons (Fsp3) is 0.480. The van der Waals surface area contributed by atoms with Crippen LogP contribution >= 0.6 is 0 Å². The maximum Gasteiger partial charge on any atom is 0.269 e. The minimum atomic E-state index is -0.855. The number of carbonyl (C=O) groups excluding carboxylic acids is 3. The van der Waals surface area contributed by atoms with Crippen LogP contribution in [0.4, 0.5) is 0 Å². The molecule has 9 nitrogen and oxygen atoms in total. The van der Waals surface area contributed by atoms with Crippen LogP contribution in [0.5, 0.6) is 0 Å². The van der Waals surface area contributed by atoms with Crippen molar-refractivity contribution in [2.24, 2.45) is 11.3 Å². The minimum Gasteiger partial charge on any atom is -0.356 e. The zero-order valence-corrected chi connectivity index (χ0v) is 20.1. The highest BCUT2D eigenvalue weighted by Gasteiger charge is 2.32. The molecule has 0 aliphatic carbocycles. The number of amides is 3. The average Bonchev–Trinajstić information content (AvgIpc) is 3.42. The van der Waals surface area contributed by atoms with E-state index < -0.39 is 23.9 Å². The van der Waals surface area contributed by atoms with Crippen molar-refractivity contribution >= 4 is 17.7 Å². The molecule has 0 spiro atoms. The first-order valence-electron chi connectivity index (χ1n) is 11.5. The van der Waals surface area contributed by atoms with E-state index >= 15 is 0 Å². The predicted octanol–water partition coefficient (Wildman–Crippen LogP) is 2.45. The first-order chi connectivity index (χ1) is 16.1. The van der Waals surface area contributed by atoms with Gasteiger partial charge in [0.05, 0.1) is 11.8 Å². The monoisotopic (exact) mass is 464 g/mol. The molecule has 0 unspecified atom stereocenters. The van der Waals surface area contributed by atoms with Crippen molar-refractivity contribution in [3.05, 3.63) is 41.6 Å². The lowest BCUT2D eigenvalue weighted by Gasteiger charge is -2.27. The third kappa shape index (κ3) is 6.67. The summed E-state index contributed by atoms with van der Waals surface area (Å²) in [5, 5.41) is 24.7. The van der Waals surface area contributed by atoms with Gasteiger partial charge in [-0.25, -0.2) is 0 Å². The molecule has 3 atom stereocenters. The van der Waals surface area contributed by atoms with Crippen LogP contribution < -0.4 is 16.0 Å². The van der Waals surface area contributed by atoms with Gasteiger partial charge in [-0.1, -0.05) is 50.6 Å². The van der Waals surface area contributed by atoms with Gasteiger partial charge in [-0.05, 0) is 37.7 Å². The largest absolute Gasteiger partial charge is 0.356 e. The fourth-order valence-electron chi connectivity index (χ4n) is 3.94. The van der Waals surface area contributed by atoms with E-state index in [1.54, 1.807) is 6.07 Å². The van der Waals surface area contributed by atoms with E-state index in [1.807, 2.05) is 52.0 Å². The van der Waals surface area contributed by atoms with E-state index in [2.05, 4.69) is 32.2 Å². The normalized spacial score (nSPS) is 17.4. The molecule has 0 radical (unpaired) electrons. The van der Waals surface area contributed by atoms with Crippen LogP contribution in [0.1, 0.15) is 56.1 Å². The topological polar surface area (TPSA) is 140 Å². The van der Waals surface area contributed by atoms with Crippen LogP contribution in [0.25, 0.3) is 11.3 Å². The number of hydrogen-bond donors (Lipinski definition) is 4. The highest BCUT2D eigenvalue weighted by atomic mass is 16.2. The molecule has 2 aromatic rings. The molecule has 1 aromatic heterocycles. The number of rotatable bonds is 8. The number of H-pyrrole nitrogens is 1. The fourth-order valence-corrected chi connectivity index (χ4v) is 3.94. The third-order valence-electron chi connectivity index (χ3n) is 5.76. The van der Waals surface area contributed by atoms with Gasteiger partial charge < -0.3 is 16.0 Å². The van der Waals surface area contributed by atoms with Gasteiger partial charge in [-0.15, -0.1) is 0 Å². The second-order valence-corrected chi connectivity index (χ2v) is 10.0. The van der Waals surface area contributed by atoms with Crippen LogP contribution in [0.2, 0.25) is 0 Å². The van der Waals surface area contributed by atoms with E-state index in [0.29, 0.717) is 25.1 Å². The molecular weight excluding hydrogens is 432 g/mol. The maximum atomic E-state index is 13.1. The molecule has 0 saturated carbocycles. The van der Waals surface area contributed by atoms with E-state index in [1.165, 1.54) is 0 Å². The Morgan fingerprint density at radius 1 is 1.24 bits per heavy atom. The zero-order chi connectivity index (χ0) is 24.9. The summed E-state index contributed by atoms with van der Waals surface area (Å²) in [4.78, 5) is 37.9. The standard InChI is InChI=1S/C25H32N6O3/c1-15-5-7-16(8-6-15)19-12-20(31-30-19)23(33)29-21(13-25(2,3)4)24(34)28-18(14-26)11-17-9-10-27-22(17)32/h5-8,12,17-18,21H,9-11,13H2,1-4H3,(H,27,32)(H,28,34)(H,29,33)(H,30,31)/t17-,18-,21-/m0/s1. The molecule has 1 aromatic carbocycles. The molecule has 9 heteroatoms. The van der Waals surface area contributed by atoms with Crippen LogP contribution in [-0.4, -0.2) is 46.5 Å². The molecule has 3 rings (SSSR count). The van der Waals surface area contributed by atoms with Gasteiger partial charge in [0.1, 0.15) is 17.8 Å². The summed E-state index contributed by atoms with van der Waals surface area (Å²) in [5.74, 6) is -1.31. The first kappa shape index (κ1) is 25.0. The SMILES string of the molecule is Cc1ccc(-c2cc(C(=O)N[C@@H](CC(C)(C)C)C(=O)N[C@H](C#N)C[C@@H]3CCNC3=O)[nH]n2)cc1. The quantitative estimate of drug-likeness (QED) is 0.475. The summed E-state index contributed by atoms with van der Waals surface area (Å²) in [6.07, 6.45) is 1.24. The molecule has 0 bridgehead atoms. The van der Waals surface area contributed by atoms with Crippen LogP contribution in [0.15, 0.2) is 30.3 Å². The second kappa shape index (κ2) is 10.5. The molecule has 1 fully saturated rings. The van der Waals surface area contributed by atoms with E-state index in [9.17, 15) is 19.6 Å². The highest BCUT2D eigenvalue weighted by molar-refractivity contribution is 5.97. The Labute approximate surface area is 199 Å². The lowest BCUT2D eigenvalue weighted by atomic mass is 9.87. The highest BCUT2D eigenvalue weighted by Crippen LogP contribution is 2.23. The van der Waals surface area contributed by atoms with Crippen molar-refractivity contribution in [2.45, 2.75) is 59.0 Å². The molecule has 1 aliphatic heterocycles. The Hall–Kier alpha value is -3.67. The number of nitrogens with one attached hydrogen (secondary N) is 4. The zero-order valence-electron chi connectivity index (χ0n) is 20.1. The van der Waals surface area contributed by atoms with Gasteiger partial charge in [0.25, 0.3) is 5.91 Å². The summed E-state index contributed by atoms with van der Waals surface area (Å²) in [6, 6.07) is 9.82. The third-order valence-corrected chi connectivity index (χ3v) is 5.76. The Kier molecular flexibility index (Phi) is 7.72. The van der Waals surface area contributed by atoms with E-state index in [0.717, 1.165) is 11.1 Å². The number of nitriles is 1. The Morgan fingerprint density at radius 2 is 1.94 bits per heavy atom. The second-order valence-electron chi connectivity index (χ2n) is 10.0. The minimum absolute atomic E-state index is 0.0994.